The molecule has 0 aromatic heterocycles. The molecule has 2 aliphatic heterocycles. The van der Waals surface area contributed by atoms with E-state index >= 15 is 0 Å². The zero-order valence-corrected chi connectivity index (χ0v) is 21.1. The summed E-state index contributed by atoms with van der Waals surface area (Å²) in [7, 11) is 0. The average Bonchev–Trinajstić information content (AvgIpc) is 3.47. The summed E-state index contributed by atoms with van der Waals surface area (Å²) in [6.07, 6.45) is 6.09. The van der Waals surface area contributed by atoms with Crippen LogP contribution in [0.3, 0.4) is 0 Å². The molecule has 2 heterocycles. The molecule has 0 radical (unpaired) electrons. The average molecular weight is 484 g/mol. The van der Waals surface area contributed by atoms with E-state index < -0.39 is 24.1 Å². The van der Waals surface area contributed by atoms with Gasteiger partial charge in [-0.2, -0.15) is 0 Å². The summed E-state index contributed by atoms with van der Waals surface area (Å²) < 4.78 is 5.33. The van der Waals surface area contributed by atoms with E-state index in [2.05, 4.69) is 26.1 Å². The summed E-state index contributed by atoms with van der Waals surface area (Å²) in [4.78, 5) is 53.4. The second-order valence-corrected chi connectivity index (χ2v) is 10.9. The number of carbonyl (C=O) groups is 4. The fourth-order valence-corrected chi connectivity index (χ4v) is 5.52. The van der Waals surface area contributed by atoms with E-state index in [0.717, 1.165) is 55.7 Å². The molecule has 1 saturated carbocycles. The predicted molar refractivity (Wildman–Crippen MR) is 130 cm³/mol. The molecule has 0 unspecified atom stereocenters. The lowest BCUT2D eigenvalue weighted by molar-refractivity contribution is -0.149. The van der Waals surface area contributed by atoms with Crippen molar-refractivity contribution in [2.24, 2.45) is 11.3 Å². The van der Waals surface area contributed by atoms with Crippen LogP contribution in [0.25, 0.3) is 0 Å². The van der Waals surface area contributed by atoms with Gasteiger partial charge in [0.05, 0.1) is 0 Å². The monoisotopic (exact) mass is 483 g/mol. The summed E-state index contributed by atoms with van der Waals surface area (Å²) in [5.41, 5.74) is 0.664. The molecular weight excluding hydrogens is 446 g/mol. The number of carbonyl (C=O) groups excluding carboxylic acids is 4. The Kier molecular flexibility index (Phi) is 7.20. The molecule has 1 N–H and O–H groups in total. The lowest BCUT2D eigenvalue weighted by Gasteiger charge is -2.42. The minimum atomic E-state index is -0.893. The topological polar surface area (TPSA) is 96.0 Å². The molecule has 4 rings (SSSR count). The van der Waals surface area contributed by atoms with Crippen LogP contribution in [-0.4, -0.2) is 58.8 Å². The van der Waals surface area contributed by atoms with Crippen molar-refractivity contribution in [2.75, 3.05) is 19.6 Å². The van der Waals surface area contributed by atoms with Crippen LogP contribution in [0.1, 0.15) is 81.6 Å². The number of nitrogens with one attached hydrogen (secondary N) is 1. The van der Waals surface area contributed by atoms with Gasteiger partial charge in [-0.3, -0.25) is 19.3 Å². The predicted octanol–water partition coefficient (Wildman–Crippen LogP) is 3.88. The van der Waals surface area contributed by atoms with Gasteiger partial charge in [0.1, 0.15) is 18.7 Å². The number of nitrogens with zero attached hydrogens (tertiary/aromatic N) is 2. The maximum atomic E-state index is 13.1. The van der Waals surface area contributed by atoms with Crippen molar-refractivity contribution < 1.29 is 23.9 Å². The van der Waals surface area contributed by atoms with Crippen molar-refractivity contribution >= 4 is 23.8 Å². The number of benzene rings is 1. The van der Waals surface area contributed by atoms with Crippen LogP contribution in [0.4, 0.5) is 4.79 Å². The zero-order chi connectivity index (χ0) is 25.2. The van der Waals surface area contributed by atoms with Crippen LogP contribution in [0.5, 0.6) is 0 Å². The van der Waals surface area contributed by atoms with Crippen molar-refractivity contribution in [1.29, 1.82) is 0 Å². The van der Waals surface area contributed by atoms with Gasteiger partial charge in [-0.05, 0) is 67.6 Å². The Labute approximate surface area is 207 Å². The minimum Gasteiger partial charge on any atom is -0.459 e. The first-order chi connectivity index (χ1) is 16.6. The molecule has 4 amide bonds. The molecule has 1 spiro atoms. The van der Waals surface area contributed by atoms with E-state index in [9.17, 15) is 19.2 Å². The van der Waals surface area contributed by atoms with Gasteiger partial charge in [-0.1, -0.05) is 39.3 Å². The maximum Gasteiger partial charge on any atom is 0.326 e. The van der Waals surface area contributed by atoms with Crippen LogP contribution in [0, 0.1) is 11.3 Å². The van der Waals surface area contributed by atoms with Gasteiger partial charge in [0.2, 0.25) is 0 Å². The highest BCUT2D eigenvalue weighted by atomic mass is 16.5. The summed E-state index contributed by atoms with van der Waals surface area (Å²) >= 11 is 0. The van der Waals surface area contributed by atoms with Crippen molar-refractivity contribution in [3.05, 3.63) is 35.4 Å². The van der Waals surface area contributed by atoms with Gasteiger partial charge in [0, 0.05) is 18.7 Å². The normalized spacial score (nSPS) is 24.7. The molecule has 0 atom stereocenters. The van der Waals surface area contributed by atoms with Crippen molar-refractivity contribution in [3.63, 3.8) is 0 Å². The third-order valence-electron chi connectivity index (χ3n) is 8.38. The molecule has 8 nitrogen and oxygen atoms in total. The van der Waals surface area contributed by atoms with Crippen LogP contribution in [0.2, 0.25) is 0 Å². The Hall–Kier alpha value is -2.90. The largest absolute Gasteiger partial charge is 0.459 e. The number of imide groups is 1. The lowest BCUT2D eigenvalue weighted by atomic mass is 9.65. The summed E-state index contributed by atoms with van der Waals surface area (Å²) in [6, 6.07) is 6.47. The SMILES string of the molecule is CCC(C)(C)C1CCC2(CC1)NC(=O)N(CC(=O)OCc1ccc(C(=O)N3CCCC3)cc1)C2=O. The Morgan fingerprint density at radius 1 is 1.09 bits per heavy atom. The van der Waals surface area contributed by atoms with Gasteiger partial charge in [-0.15, -0.1) is 0 Å². The number of esters is 1. The Balaban J connectivity index is 1.28. The molecule has 0 bridgehead atoms. The lowest BCUT2D eigenvalue weighted by Crippen LogP contribution is -2.51. The van der Waals surface area contributed by atoms with Crippen LogP contribution >= 0.6 is 0 Å². The Morgan fingerprint density at radius 2 is 1.71 bits per heavy atom. The summed E-state index contributed by atoms with van der Waals surface area (Å²) in [5.74, 6) is -0.426. The van der Waals surface area contributed by atoms with Gasteiger partial charge in [0.15, 0.2) is 0 Å². The molecule has 190 valence electrons. The van der Waals surface area contributed by atoms with E-state index in [1.165, 1.54) is 0 Å². The van der Waals surface area contributed by atoms with E-state index in [0.29, 0.717) is 24.3 Å². The highest BCUT2D eigenvalue weighted by Crippen LogP contribution is 2.45. The fourth-order valence-electron chi connectivity index (χ4n) is 5.52. The van der Waals surface area contributed by atoms with Gasteiger partial charge in [-0.25, -0.2) is 4.79 Å². The van der Waals surface area contributed by atoms with Crippen molar-refractivity contribution in [1.82, 2.24) is 15.1 Å². The van der Waals surface area contributed by atoms with E-state index in [-0.39, 0.29) is 23.8 Å². The molecule has 1 aromatic carbocycles. The number of urea groups is 1. The van der Waals surface area contributed by atoms with Crippen LogP contribution in [-0.2, 0) is 20.9 Å². The van der Waals surface area contributed by atoms with Crippen molar-refractivity contribution in [2.45, 2.75) is 77.9 Å². The van der Waals surface area contributed by atoms with Crippen LogP contribution < -0.4 is 5.32 Å². The van der Waals surface area contributed by atoms with Crippen LogP contribution in [0.15, 0.2) is 24.3 Å². The number of hydrogen-bond acceptors (Lipinski definition) is 5. The highest BCUT2D eigenvalue weighted by molar-refractivity contribution is 6.08. The minimum absolute atomic E-state index is 0.0135. The first kappa shape index (κ1) is 25.2. The smallest absolute Gasteiger partial charge is 0.326 e. The molecule has 35 heavy (non-hydrogen) atoms. The van der Waals surface area contributed by atoms with Crippen molar-refractivity contribution in [3.8, 4) is 0 Å². The molecule has 3 aliphatic rings. The number of likely N-dealkylation sites (tertiary alicyclic amines) is 1. The maximum absolute atomic E-state index is 13.1. The molecule has 8 heteroatoms. The quantitative estimate of drug-likeness (QED) is 0.469. The molecule has 1 aromatic rings. The zero-order valence-electron chi connectivity index (χ0n) is 21.1. The highest BCUT2D eigenvalue weighted by Gasteiger charge is 2.53. The first-order valence-corrected chi connectivity index (χ1v) is 12.8. The second kappa shape index (κ2) is 9.99. The van der Waals surface area contributed by atoms with Gasteiger partial charge >= 0.3 is 12.0 Å². The number of hydrogen-bond donors (Lipinski definition) is 1. The standard InChI is InChI=1S/C27H37N3O5/c1-4-26(2,3)21-11-13-27(14-12-21)24(33)30(25(34)28-27)17-22(31)35-18-19-7-9-20(10-8-19)23(32)29-15-5-6-16-29/h7-10,21H,4-6,11-18H2,1-3H3,(H,28,34). The number of amides is 4. The van der Waals surface area contributed by atoms with E-state index in [1.54, 1.807) is 24.3 Å². The fraction of sp³-hybridized carbons (Fsp3) is 0.630. The molecular formula is C27H37N3O5. The number of ether oxygens (including phenoxy) is 1. The second-order valence-electron chi connectivity index (χ2n) is 10.9. The van der Waals surface area contributed by atoms with Gasteiger partial charge < -0.3 is 15.0 Å². The number of rotatable bonds is 7. The molecule has 1 aliphatic carbocycles. The molecule has 3 fully saturated rings. The Morgan fingerprint density at radius 3 is 2.31 bits per heavy atom. The summed E-state index contributed by atoms with van der Waals surface area (Å²) in [5, 5.41) is 2.87. The molecule has 2 saturated heterocycles. The third kappa shape index (κ3) is 5.21. The van der Waals surface area contributed by atoms with E-state index in [4.69, 9.17) is 4.74 Å². The Bertz CT molecular complexity index is 973. The summed E-state index contributed by atoms with van der Waals surface area (Å²) in [6.45, 7) is 7.89. The van der Waals surface area contributed by atoms with E-state index in [1.807, 2.05) is 4.90 Å². The first-order valence-electron chi connectivity index (χ1n) is 12.8. The van der Waals surface area contributed by atoms with Gasteiger partial charge in [0.25, 0.3) is 11.8 Å². The third-order valence-corrected chi connectivity index (χ3v) is 8.38.